The summed E-state index contributed by atoms with van der Waals surface area (Å²) in [6.45, 7) is 33.6. The minimum Gasteiger partial charge on any atom is -0.248 e. The van der Waals surface area contributed by atoms with Gasteiger partial charge in [0.05, 0.1) is 93.8 Å². The number of aromatic nitrogens is 24. The zero-order valence-electron chi connectivity index (χ0n) is 55.9. The molecule has 32 heteroatoms. The second-order valence-electron chi connectivity index (χ2n) is 23.8. The molecule has 0 aromatic carbocycles. The van der Waals surface area contributed by atoms with Crippen molar-refractivity contribution in [3.05, 3.63) is 141 Å². The molecule has 496 valence electrons. The predicted octanol–water partition coefficient (Wildman–Crippen LogP) is 17.7. The minimum absolute atomic E-state index is 0.392. The van der Waals surface area contributed by atoms with Crippen molar-refractivity contribution in [1.82, 2.24) is 119 Å². The number of thiophene rings is 2. The van der Waals surface area contributed by atoms with Crippen molar-refractivity contribution in [3.8, 4) is 0 Å². The van der Waals surface area contributed by atoms with Crippen LogP contribution in [0.2, 0.25) is 0 Å². The van der Waals surface area contributed by atoms with Crippen molar-refractivity contribution in [2.45, 2.75) is 158 Å². The summed E-state index contributed by atoms with van der Waals surface area (Å²) in [6, 6.07) is 12.2. The van der Waals surface area contributed by atoms with Gasteiger partial charge < -0.3 is 0 Å². The maximum absolute atomic E-state index is 4.48. The van der Waals surface area contributed by atoms with Crippen molar-refractivity contribution in [2.75, 3.05) is 0 Å². The van der Waals surface area contributed by atoms with Crippen LogP contribution in [0.5, 0.6) is 0 Å². The van der Waals surface area contributed by atoms with E-state index in [1.165, 1.54) is 74.2 Å². The maximum Gasteiger partial charge on any atom is 0.213 e. The van der Waals surface area contributed by atoms with Crippen LogP contribution in [0.4, 0.5) is 0 Å². The first-order valence-electron chi connectivity index (χ1n) is 30.8. The highest BCUT2D eigenvalue weighted by molar-refractivity contribution is 7.17. The molecule has 16 aromatic rings. The third-order valence-electron chi connectivity index (χ3n) is 13.6. The molecule has 0 fully saturated rings. The van der Waals surface area contributed by atoms with E-state index < -0.39 is 0 Å². The minimum atomic E-state index is 0.392. The van der Waals surface area contributed by atoms with Crippen LogP contribution in [0.15, 0.2) is 95.4 Å². The molecular formula is C64H72N24S8. The summed E-state index contributed by atoms with van der Waals surface area (Å²) in [7, 11) is 0. The molecule has 0 saturated heterocycles. The van der Waals surface area contributed by atoms with Gasteiger partial charge in [-0.25, -0.2) is 49.8 Å². The molecule has 96 heavy (non-hydrogen) atoms. The first kappa shape index (κ1) is 72.0. The number of rotatable bonds is 8. The average Bonchev–Trinajstić information content (AvgIpc) is 2.02. The zero-order chi connectivity index (χ0) is 68.4. The summed E-state index contributed by atoms with van der Waals surface area (Å²) in [4.78, 5) is 50.2. The van der Waals surface area contributed by atoms with Crippen molar-refractivity contribution < 1.29 is 0 Å². The Bertz CT molecular complexity index is 4090. The Morgan fingerprint density at radius 2 is 0.708 bits per heavy atom. The zero-order valence-corrected chi connectivity index (χ0v) is 62.4. The smallest absolute Gasteiger partial charge is 0.213 e. The molecule has 0 unspecified atom stereocenters. The summed E-state index contributed by atoms with van der Waals surface area (Å²) in [5.41, 5.74) is 16.9. The van der Waals surface area contributed by atoms with E-state index >= 15 is 0 Å². The SMILES string of the molecule is CC(C)c1cc2ccsc2nn1.CC(C)c1cc2cnsc2nn1.CC(C)c1cc2ncsc2nn1.CC(C)c1cc2nnsc2nn1.CC(C)c1cnc2sccc2n1.CC(C)c1cnc2scnc2n1.CC(C)c1cnc2sncc2n1.CC(C)c1cnc2snnc2n1. The Morgan fingerprint density at radius 1 is 0.260 bits per heavy atom. The highest BCUT2D eigenvalue weighted by Crippen LogP contribution is 2.25. The molecule has 0 bridgehead atoms. The summed E-state index contributed by atoms with van der Waals surface area (Å²) >= 11 is 11.6. The lowest BCUT2D eigenvalue weighted by atomic mass is 10.1. The van der Waals surface area contributed by atoms with Crippen LogP contribution in [0.3, 0.4) is 0 Å². The fraction of sp³-hybridized carbons (Fsp3) is 0.375. The van der Waals surface area contributed by atoms with Crippen LogP contribution in [0, 0.1) is 0 Å². The van der Waals surface area contributed by atoms with Gasteiger partial charge in [0.1, 0.15) is 31.7 Å². The molecule has 0 aliphatic rings. The van der Waals surface area contributed by atoms with Gasteiger partial charge in [0.15, 0.2) is 34.6 Å². The Balaban J connectivity index is 0.000000129. The van der Waals surface area contributed by atoms with Gasteiger partial charge in [0, 0.05) is 33.8 Å². The molecule has 0 aliphatic carbocycles. The topological polar surface area (TPSA) is 309 Å². The monoisotopic (exact) mass is 1430 g/mol. The Hall–Kier alpha value is -8.24. The molecule has 0 saturated carbocycles. The standard InChI is InChI=1S/2C9H10N2S.4C8H9N3S.2C7H8N4S/c1-6(2)8-5-10-9-7(11-8)3-4-12-9;1-6(2)8-5-7-3-4-12-9(7)11-10-8;1-5(2)6-3-9-8-7(11-6)10-4-12-8;1-5(2)6-3-9-8-7(11-6)4-10-12-8;1-5(2)6-3-7-8(11-10-6)12-4-9-7;1-5(2)7-3-6-4-9-12-8(6)11-10-7;1-4(2)5-3-8-7-6(9-5)10-11-12-7;1-4(2)5-3-6-7(10-8-5)12-11-9-6/h2*3-6H,1-2H3;4*3-5H,1-2H3;2*3-4H,1-2H3. The number of nitrogens with zero attached hydrogens (tertiary/aromatic N) is 24. The Kier molecular flexibility index (Phi) is 26.0. The lowest BCUT2D eigenvalue weighted by Gasteiger charge is -2.01. The van der Waals surface area contributed by atoms with Gasteiger partial charge in [-0.05, 0) is 118 Å². The second-order valence-corrected chi connectivity index (χ2v) is 30.3. The highest BCUT2D eigenvalue weighted by atomic mass is 32.1. The van der Waals surface area contributed by atoms with E-state index in [2.05, 4.69) is 248 Å². The van der Waals surface area contributed by atoms with E-state index in [1.54, 1.807) is 46.1 Å². The van der Waals surface area contributed by atoms with Gasteiger partial charge in [0.25, 0.3) is 0 Å². The highest BCUT2D eigenvalue weighted by Gasteiger charge is 2.11. The van der Waals surface area contributed by atoms with E-state index in [0.717, 1.165) is 117 Å². The van der Waals surface area contributed by atoms with Crippen molar-refractivity contribution >= 4 is 174 Å². The number of hydrogen-bond acceptors (Lipinski definition) is 32. The Morgan fingerprint density at radius 3 is 1.35 bits per heavy atom. The van der Waals surface area contributed by atoms with Gasteiger partial charge in [-0.1, -0.05) is 120 Å². The van der Waals surface area contributed by atoms with Crippen LogP contribution < -0.4 is 0 Å². The van der Waals surface area contributed by atoms with Gasteiger partial charge in [-0.3, -0.25) is 0 Å². The molecule has 0 aliphatic heterocycles. The predicted molar refractivity (Wildman–Crippen MR) is 394 cm³/mol. The van der Waals surface area contributed by atoms with E-state index in [9.17, 15) is 0 Å². The number of thiazole rings is 2. The average molecular weight is 1430 g/mol. The van der Waals surface area contributed by atoms with Crippen LogP contribution in [-0.2, 0) is 0 Å². The van der Waals surface area contributed by atoms with Gasteiger partial charge in [-0.2, -0.15) is 29.1 Å². The molecule has 0 N–H and O–H groups in total. The molecule has 0 radical (unpaired) electrons. The second kappa shape index (κ2) is 34.6. The molecule has 0 amide bonds. The van der Waals surface area contributed by atoms with Crippen LogP contribution in [0.1, 0.15) is 204 Å². The van der Waals surface area contributed by atoms with Gasteiger partial charge in [0.2, 0.25) is 5.65 Å². The lowest BCUT2D eigenvalue weighted by Crippen LogP contribution is -1.94. The molecule has 0 atom stereocenters. The van der Waals surface area contributed by atoms with Gasteiger partial charge >= 0.3 is 0 Å². The van der Waals surface area contributed by atoms with Crippen LogP contribution in [0.25, 0.3) is 82.8 Å². The molecule has 0 spiro atoms. The van der Waals surface area contributed by atoms with Crippen LogP contribution in [-0.4, -0.2) is 119 Å². The number of hydrogen-bond donors (Lipinski definition) is 0. The quantitative estimate of drug-likeness (QED) is 0.136. The molecule has 16 heterocycles. The first-order chi connectivity index (χ1) is 46.2. The van der Waals surface area contributed by atoms with Crippen molar-refractivity contribution in [3.63, 3.8) is 0 Å². The molecule has 16 aromatic heterocycles. The van der Waals surface area contributed by atoms with Crippen molar-refractivity contribution in [2.24, 2.45) is 0 Å². The fourth-order valence-electron chi connectivity index (χ4n) is 7.80. The third-order valence-corrected chi connectivity index (χ3v) is 19.3. The summed E-state index contributed by atoms with van der Waals surface area (Å²) in [5, 5.41) is 46.8. The maximum atomic E-state index is 4.48. The molecule has 16 rings (SSSR count). The largest absolute Gasteiger partial charge is 0.248 e. The van der Waals surface area contributed by atoms with Gasteiger partial charge in [-0.15, -0.1) is 75.9 Å². The first-order valence-corrected chi connectivity index (χ1v) is 37.4. The van der Waals surface area contributed by atoms with E-state index in [1.807, 2.05) is 53.7 Å². The van der Waals surface area contributed by atoms with E-state index in [4.69, 9.17) is 0 Å². The normalized spacial score (nSPS) is 11.2. The van der Waals surface area contributed by atoms with E-state index in [0.29, 0.717) is 53.0 Å². The summed E-state index contributed by atoms with van der Waals surface area (Å²) in [6.07, 6.45) is 10.9. The molecule has 24 nitrogen and oxygen atoms in total. The Labute approximate surface area is 587 Å². The summed E-state index contributed by atoms with van der Waals surface area (Å²) < 4.78 is 15.6. The molecular weight excluding hydrogens is 1360 g/mol. The number of fused-ring (bicyclic) bond motifs is 8. The fourth-order valence-corrected chi connectivity index (χ4v) is 12.4. The lowest BCUT2D eigenvalue weighted by molar-refractivity contribution is 0.795. The van der Waals surface area contributed by atoms with E-state index in [-0.39, 0.29) is 0 Å². The third kappa shape index (κ3) is 19.9. The van der Waals surface area contributed by atoms with Crippen molar-refractivity contribution in [1.29, 1.82) is 0 Å². The van der Waals surface area contributed by atoms with Crippen LogP contribution >= 0.6 is 91.5 Å². The summed E-state index contributed by atoms with van der Waals surface area (Å²) in [5.74, 6) is 3.41.